The third-order valence-corrected chi connectivity index (χ3v) is 5.13. The van der Waals surface area contributed by atoms with E-state index in [0.29, 0.717) is 25.2 Å². The van der Waals surface area contributed by atoms with Crippen molar-refractivity contribution in [1.29, 1.82) is 0 Å². The molecular weight excluding hydrogens is 342 g/mol. The third-order valence-electron chi connectivity index (χ3n) is 5.13. The lowest BCUT2D eigenvalue weighted by Crippen LogP contribution is -2.53. The molecule has 0 bridgehead atoms. The zero-order valence-corrected chi connectivity index (χ0v) is 15.2. The summed E-state index contributed by atoms with van der Waals surface area (Å²) in [5, 5.41) is 17.6. The van der Waals surface area contributed by atoms with Gasteiger partial charge in [0.2, 0.25) is 0 Å². The smallest absolute Gasteiger partial charge is 0.132 e. The Labute approximate surface area is 151 Å². The SMILES string of the molecule is CON=C(C(C)C)C1(C(O)(CN2C=NCN2)c2ccc(F)cc2F)CC1. The van der Waals surface area contributed by atoms with Crippen molar-refractivity contribution < 1.29 is 18.7 Å². The van der Waals surface area contributed by atoms with E-state index in [2.05, 4.69) is 15.6 Å². The zero-order chi connectivity index (χ0) is 18.9. The first-order chi connectivity index (χ1) is 12.3. The number of nitrogens with zero attached hydrogens (tertiary/aromatic N) is 3. The van der Waals surface area contributed by atoms with E-state index < -0.39 is 22.7 Å². The molecule has 0 amide bonds. The quantitative estimate of drug-likeness (QED) is 0.574. The van der Waals surface area contributed by atoms with E-state index >= 15 is 0 Å². The van der Waals surface area contributed by atoms with Crippen molar-refractivity contribution in [1.82, 2.24) is 10.4 Å². The monoisotopic (exact) mass is 366 g/mol. The maximum atomic E-state index is 14.7. The number of hydrogen-bond donors (Lipinski definition) is 2. The average Bonchev–Trinajstić information content (AvgIpc) is 3.23. The highest BCUT2D eigenvalue weighted by atomic mass is 19.1. The van der Waals surface area contributed by atoms with Crippen LogP contribution in [-0.2, 0) is 10.4 Å². The Bertz CT molecular complexity index is 734. The van der Waals surface area contributed by atoms with Gasteiger partial charge in [-0.15, -0.1) is 0 Å². The first-order valence-corrected chi connectivity index (χ1v) is 8.63. The highest BCUT2D eigenvalue weighted by Crippen LogP contribution is 2.61. The normalized spacial score (nSPS) is 21.2. The van der Waals surface area contributed by atoms with Gasteiger partial charge < -0.3 is 9.94 Å². The van der Waals surface area contributed by atoms with Crippen LogP contribution in [0.2, 0.25) is 0 Å². The van der Waals surface area contributed by atoms with Gasteiger partial charge in [-0.2, -0.15) is 0 Å². The molecule has 1 aliphatic carbocycles. The second kappa shape index (κ2) is 6.92. The van der Waals surface area contributed by atoms with Crippen LogP contribution in [-0.4, -0.2) is 42.5 Å². The second-order valence-electron chi connectivity index (χ2n) is 7.12. The minimum absolute atomic E-state index is 0.00677. The summed E-state index contributed by atoms with van der Waals surface area (Å²) in [6, 6.07) is 3.26. The molecule has 6 nitrogen and oxygen atoms in total. The highest BCUT2D eigenvalue weighted by Gasteiger charge is 2.64. The lowest BCUT2D eigenvalue weighted by atomic mass is 9.72. The minimum atomic E-state index is -1.63. The summed E-state index contributed by atoms with van der Waals surface area (Å²) < 4.78 is 28.1. The van der Waals surface area contributed by atoms with Crippen molar-refractivity contribution in [2.45, 2.75) is 32.3 Å². The summed E-state index contributed by atoms with van der Waals surface area (Å²) >= 11 is 0. The van der Waals surface area contributed by atoms with E-state index in [1.165, 1.54) is 13.2 Å². The van der Waals surface area contributed by atoms with Crippen LogP contribution in [0.1, 0.15) is 32.3 Å². The lowest BCUT2D eigenvalue weighted by molar-refractivity contribution is -0.0376. The Hall–Kier alpha value is -2.06. The molecule has 26 heavy (non-hydrogen) atoms. The number of rotatable bonds is 7. The van der Waals surface area contributed by atoms with Gasteiger partial charge in [0.05, 0.1) is 12.3 Å². The fourth-order valence-corrected chi connectivity index (χ4v) is 3.82. The molecule has 1 unspecified atom stereocenters. The van der Waals surface area contributed by atoms with Crippen molar-refractivity contribution in [3.63, 3.8) is 0 Å². The number of hydrazine groups is 1. The molecule has 0 radical (unpaired) electrons. The molecule has 1 heterocycles. The summed E-state index contributed by atoms with van der Waals surface area (Å²) in [5.41, 5.74) is 1.30. The molecule has 8 heteroatoms. The van der Waals surface area contributed by atoms with Gasteiger partial charge >= 0.3 is 0 Å². The van der Waals surface area contributed by atoms with E-state index in [0.717, 1.165) is 12.1 Å². The Balaban J connectivity index is 2.11. The number of benzene rings is 1. The molecule has 0 spiro atoms. The van der Waals surface area contributed by atoms with E-state index in [9.17, 15) is 13.9 Å². The van der Waals surface area contributed by atoms with Crippen molar-refractivity contribution >= 4 is 12.1 Å². The number of nitrogens with one attached hydrogen (secondary N) is 1. The summed E-state index contributed by atoms with van der Waals surface area (Å²) in [5.74, 6) is -1.47. The molecule has 1 aromatic rings. The molecule has 3 rings (SSSR count). The summed E-state index contributed by atoms with van der Waals surface area (Å²) in [6.07, 6.45) is 2.82. The molecular formula is C18H24F2N4O2. The molecule has 1 aliphatic heterocycles. The predicted molar refractivity (Wildman–Crippen MR) is 94.4 cm³/mol. The number of oxime groups is 1. The first kappa shape index (κ1) is 18.7. The first-order valence-electron chi connectivity index (χ1n) is 8.63. The highest BCUT2D eigenvalue weighted by molar-refractivity contribution is 5.95. The molecule has 2 N–H and O–H groups in total. The average molecular weight is 366 g/mol. The van der Waals surface area contributed by atoms with Crippen molar-refractivity contribution in [2.24, 2.45) is 21.5 Å². The van der Waals surface area contributed by atoms with E-state index in [-0.39, 0.29) is 18.0 Å². The lowest BCUT2D eigenvalue weighted by Gasteiger charge is -2.41. The largest absolute Gasteiger partial charge is 0.399 e. The minimum Gasteiger partial charge on any atom is -0.399 e. The van der Waals surface area contributed by atoms with Crippen LogP contribution in [0.5, 0.6) is 0 Å². The summed E-state index contributed by atoms with van der Waals surface area (Å²) in [4.78, 5) is 9.08. The van der Waals surface area contributed by atoms with E-state index in [1.807, 2.05) is 13.8 Å². The number of aliphatic hydroxyl groups is 1. The van der Waals surface area contributed by atoms with Gasteiger partial charge in [0.1, 0.15) is 37.4 Å². The molecule has 1 aromatic carbocycles. The Morgan fingerprint density at radius 2 is 2.19 bits per heavy atom. The number of hydrogen-bond acceptors (Lipinski definition) is 6. The van der Waals surface area contributed by atoms with Crippen LogP contribution >= 0.6 is 0 Å². The molecule has 0 aromatic heterocycles. The van der Waals surface area contributed by atoms with Gasteiger partial charge in [0, 0.05) is 17.0 Å². The van der Waals surface area contributed by atoms with Crippen LogP contribution in [0.15, 0.2) is 28.3 Å². The molecule has 0 saturated heterocycles. The van der Waals surface area contributed by atoms with Crippen LogP contribution in [0.25, 0.3) is 0 Å². The zero-order valence-electron chi connectivity index (χ0n) is 15.2. The maximum absolute atomic E-state index is 14.7. The molecule has 1 saturated carbocycles. The Morgan fingerprint density at radius 3 is 2.69 bits per heavy atom. The number of aliphatic imine (C=N–C) groups is 1. The van der Waals surface area contributed by atoms with Crippen LogP contribution in [0.4, 0.5) is 8.78 Å². The molecule has 1 atom stereocenters. The van der Waals surface area contributed by atoms with Crippen LogP contribution in [0, 0.1) is 23.0 Å². The topological polar surface area (TPSA) is 69.5 Å². The van der Waals surface area contributed by atoms with E-state index in [4.69, 9.17) is 4.84 Å². The second-order valence-corrected chi connectivity index (χ2v) is 7.12. The van der Waals surface area contributed by atoms with Gasteiger partial charge in [-0.3, -0.25) is 10.0 Å². The van der Waals surface area contributed by atoms with Gasteiger partial charge in [-0.25, -0.2) is 14.2 Å². The predicted octanol–water partition coefficient (Wildman–Crippen LogP) is 2.40. The third kappa shape index (κ3) is 3.07. The van der Waals surface area contributed by atoms with Gasteiger partial charge in [-0.05, 0) is 24.8 Å². The van der Waals surface area contributed by atoms with Crippen molar-refractivity contribution in [3.8, 4) is 0 Å². The van der Waals surface area contributed by atoms with Crippen molar-refractivity contribution in [3.05, 3.63) is 35.4 Å². The fraction of sp³-hybridized carbons (Fsp3) is 0.556. The molecule has 1 fully saturated rings. The standard InChI is InChI=1S/C18H24F2N4O2/c1-12(2)16(23-26-3)17(6-7-17)18(25,9-24-11-21-10-22-24)14-5-4-13(19)8-15(14)20/h4-5,8,11-12,22,25H,6-7,9-10H2,1-3H3. The van der Waals surface area contributed by atoms with Gasteiger partial charge in [-0.1, -0.05) is 25.1 Å². The van der Waals surface area contributed by atoms with Gasteiger partial charge in [0.15, 0.2) is 0 Å². The van der Waals surface area contributed by atoms with E-state index in [1.54, 1.807) is 11.3 Å². The van der Waals surface area contributed by atoms with Crippen LogP contribution < -0.4 is 5.43 Å². The number of β-amino-alcohol motifs (C(OH)–C–C–N with tert-alkyl or cyclic N) is 1. The van der Waals surface area contributed by atoms with Gasteiger partial charge in [0.25, 0.3) is 0 Å². The summed E-state index contributed by atoms with van der Waals surface area (Å²) in [7, 11) is 1.45. The Kier molecular flexibility index (Phi) is 4.98. The number of halogens is 2. The maximum Gasteiger partial charge on any atom is 0.132 e. The van der Waals surface area contributed by atoms with Crippen molar-refractivity contribution in [2.75, 3.05) is 20.3 Å². The fourth-order valence-electron chi connectivity index (χ4n) is 3.82. The Morgan fingerprint density at radius 1 is 1.46 bits per heavy atom. The molecule has 2 aliphatic rings. The molecule has 142 valence electrons. The summed E-state index contributed by atoms with van der Waals surface area (Å²) in [6.45, 7) is 4.34. The van der Waals surface area contributed by atoms with Crippen LogP contribution in [0.3, 0.4) is 0 Å².